The minimum atomic E-state index is -0.658. The number of ether oxygens (including phenoxy) is 1. The Morgan fingerprint density at radius 3 is 2.58 bits per heavy atom. The van der Waals surface area contributed by atoms with Crippen molar-refractivity contribution in [2.75, 3.05) is 20.8 Å². The summed E-state index contributed by atoms with van der Waals surface area (Å²) in [5.41, 5.74) is 1.39. The summed E-state index contributed by atoms with van der Waals surface area (Å²) >= 11 is 0. The standard InChI is InChI=1S/C18H22BF2N2O3/c1-23(12-22-19-25-2)9-13-6-7-18(14(8-13)10-24)26-11-15-16(20)4-3-5-17(15)21/h3-8,22,24H,9-12H2,1-2H3. The van der Waals surface area contributed by atoms with Crippen molar-refractivity contribution in [1.82, 2.24) is 10.1 Å². The molecule has 0 unspecified atom stereocenters. The Morgan fingerprint density at radius 1 is 1.19 bits per heavy atom. The summed E-state index contributed by atoms with van der Waals surface area (Å²) in [6.07, 6.45) is 0. The van der Waals surface area contributed by atoms with Crippen molar-refractivity contribution < 1.29 is 23.3 Å². The van der Waals surface area contributed by atoms with Crippen molar-refractivity contribution in [3.63, 3.8) is 0 Å². The molecule has 139 valence electrons. The van der Waals surface area contributed by atoms with Crippen molar-refractivity contribution in [2.45, 2.75) is 19.8 Å². The Balaban J connectivity index is 2.02. The van der Waals surface area contributed by atoms with E-state index < -0.39 is 11.6 Å². The first-order chi connectivity index (χ1) is 12.5. The Morgan fingerprint density at radius 2 is 1.92 bits per heavy atom. The van der Waals surface area contributed by atoms with Crippen LogP contribution in [0.15, 0.2) is 36.4 Å². The fourth-order valence-electron chi connectivity index (χ4n) is 2.46. The third kappa shape index (κ3) is 5.77. The van der Waals surface area contributed by atoms with Gasteiger partial charge in [0, 0.05) is 25.9 Å². The molecule has 26 heavy (non-hydrogen) atoms. The summed E-state index contributed by atoms with van der Waals surface area (Å²) in [6.45, 7) is 0.747. The minimum absolute atomic E-state index is 0.138. The molecule has 0 aliphatic rings. The molecular weight excluding hydrogens is 341 g/mol. The lowest BCUT2D eigenvalue weighted by atomic mass is 10.1. The Kier molecular flexibility index (Phi) is 7.99. The number of benzene rings is 2. The zero-order valence-corrected chi connectivity index (χ0v) is 14.8. The van der Waals surface area contributed by atoms with E-state index >= 15 is 0 Å². The van der Waals surface area contributed by atoms with Crippen LogP contribution in [0.3, 0.4) is 0 Å². The van der Waals surface area contributed by atoms with E-state index in [9.17, 15) is 13.9 Å². The number of aliphatic hydroxyl groups is 1. The van der Waals surface area contributed by atoms with Crippen molar-refractivity contribution >= 4 is 7.62 Å². The molecule has 0 aliphatic heterocycles. The molecule has 1 radical (unpaired) electrons. The number of hydrogen-bond acceptors (Lipinski definition) is 5. The molecule has 0 saturated heterocycles. The number of hydrogen-bond donors (Lipinski definition) is 2. The van der Waals surface area contributed by atoms with Gasteiger partial charge >= 0.3 is 7.62 Å². The van der Waals surface area contributed by atoms with Crippen LogP contribution in [0.4, 0.5) is 8.78 Å². The molecule has 0 atom stereocenters. The van der Waals surface area contributed by atoms with Crippen LogP contribution in [0.2, 0.25) is 0 Å². The van der Waals surface area contributed by atoms with Crippen LogP contribution in [0, 0.1) is 11.6 Å². The van der Waals surface area contributed by atoms with Gasteiger partial charge in [0.15, 0.2) is 0 Å². The molecule has 2 rings (SSSR count). The average molecular weight is 363 g/mol. The van der Waals surface area contributed by atoms with Crippen molar-refractivity contribution in [3.05, 3.63) is 64.7 Å². The molecule has 0 amide bonds. The van der Waals surface area contributed by atoms with Crippen molar-refractivity contribution in [2.24, 2.45) is 0 Å². The summed E-state index contributed by atoms with van der Waals surface area (Å²) in [5, 5.41) is 12.6. The lowest BCUT2D eigenvalue weighted by molar-refractivity contribution is 0.254. The predicted octanol–water partition coefficient (Wildman–Crippen LogP) is 2.20. The largest absolute Gasteiger partial charge is 0.488 e. The first kappa shape index (κ1) is 20.3. The fraction of sp³-hybridized carbons (Fsp3) is 0.333. The lowest BCUT2D eigenvalue weighted by Crippen LogP contribution is -2.33. The maximum atomic E-state index is 13.7. The van der Waals surface area contributed by atoms with E-state index in [2.05, 4.69) is 5.23 Å². The second kappa shape index (κ2) is 10.2. The van der Waals surface area contributed by atoms with E-state index in [0.29, 0.717) is 24.5 Å². The summed E-state index contributed by atoms with van der Waals surface area (Å²) in [7, 11) is 4.99. The maximum absolute atomic E-state index is 13.7. The van der Waals surface area contributed by atoms with Crippen molar-refractivity contribution in [1.29, 1.82) is 0 Å². The van der Waals surface area contributed by atoms with Gasteiger partial charge < -0.3 is 19.7 Å². The molecule has 0 aromatic heterocycles. The summed E-state index contributed by atoms with van der Waals surface area (Å²) < 4.78 is 37.7. The SMILES string of the molecule is CO[B]NCN(C)Cc1ccc(OCc2c(F)cccc2F)c(CO)c1. The van der Waals surface area contributed by atoms with Crippen LogP contribution < -0.4 is 9.96 Å². The molecule has 2 N–H and O–H groups in total. The van der Waals surface area contributed by atoms with Crippen LogP contribution >= 0.6 is 0 Å². The molecule has 0 spiro atoms. The number of aliphatic hydroxyl groups excluding tert-OH is 1. The number of nitrogens with zero attached hydrogens (tertiary/aromatic N) is 1. The lowest BCUT2D eigenvalue weighted by Gasteiger charge is -2.18. The Labute approximate surface area is 152 Å². The molecule has 2 aromatic rings. The van der Waals surface area contributed by atoms with E-state index in [1.807, 2.05) is 24.1 Å². The molecule has 0 aliphatic carbocycles. The Hall–Kier alpha value is -2.00. The van der Waals surface area contributed by atoms with Gasteiger partial charge in [-0.15, -0.1) is 0 Å². The maximum Gasteiger partial charge on any atom is 0.396 e. The van der Waals surface area contributed by atoms with Crippen LogP contribution in [-0.4, -0.2) is 38.4 Å². The average Bonchev–Trinajstić information content (AvgIpc) is 2.62. The van der Waals surface area contributed by atoms with E-state index in [1.165, 1.54) is 25.8 Å². The van der Waals surface area contributed by atoms with Gasteiger partial charge in [-0.1, -0.05) is 12.1 Å². The highest BCUT2D eigenvalue weighted by molar-refractivity contribution is 6.23. The van der Waals surface area contributed by atoms with Crippen LogP contribution in [-0.2, 0) is 24.4 Å². The van der Waals surface area contributed by atoms with Crippen LogP contribution in [0.5, 0.6) is 5.75 Å². The van der Waals surface area contributed by atoms with Crippen LogP contribution in [0.1, 0.15) is 16.7 Å². The normalized spacial score (nSPS) is 11.0. The zero-order chi connectivity index (χ0) is 18.9. The van der Waals surface area contributed by atoms with E-state index in [4.69, 9.17) is 9.39 Å². The molecule has 0 saturated carbocycles. The smallest absolute Gasteiger partial charge is 0.396 e. The van der Waals surface area contributed by atoms with Gasteiger partial charge in [0.25, 0.3) is 0 Å². The zero-order valence-electron chi connectivity index (χ0n) is 14.8. The van der Waals surface area contributed by atoms with Gasteiger partial charge in [-0.05, 0) is 36.9 Å². The molecule has 8 heteroatoms. The third-order valence-electron chi connectivity index (χ3n) is 3.74. The fourth-order valence-corrected chi connectivity index (χ4v) is 2.46. The highest BCUT2D eigenvalue weighted by atomic mass is 19.1. The first-order valence-electron chi connectivity index (χ1n) is 8.10. The van der Waals surface area contributed by atoms with E-state index in [-0.39, 0.29) is 18.8 Å². The van der Waals surface area contributed by atoms with Gasteiger partial charge in [0.05, 0.1) is 12.2 Å². The van der Waals surface area contributed by atoms with Gasteiger partial charge in [0.1, 0.15) is 24.0 Å². The Bertz CT molecular complexity index is 699. The van der Waals surface area contributed by atoms with Gasteiger partial charge in [-0.3, -0.25) is 4.90 Å². The summed E-state index contributed by atoms with van der Waals surface area (Å²) in [5.74, 6) is -0.921. The van der Waals surface area contributed by atoms with E-state index in [1.54, 1.807) is 13.2 Å². The van der Waals surface area contributed by atoms with Crippen molar-refractivity contribution in [3.8, 4) is 5.75 Å². The monoisotopic (exact) mass is 363 g/mol. The topological polar surface area (TPSA) is 54.0 Å². The summed E-state index contributed by atoms with van der Waals surface area (Å²) in [4.78, 5) is 2.02. The van der Waals surface area contributed by atoms with Crippen LogP contribution in [0.25, 0.3) is 0 Å². The molecule has 2 aromatic carbocycles. The third-order valence-corrected chi connectivity index (χ3v) is 3.74. The molecular formula is C18H22BF2N2O3. The minimum Gasteiger partial charge on any atom is -0.488 e. The highest BCUT2D eigenvalue weighted by Gasteiger charge is 2.11. The quantitative estimate of drug-likeness (QED) is 0.385. The second-order valence-corrected chi connectivity index (χ2v) is 5.82. The second-order valence-electron chi connectivity index (χ2n) is 5.82. The van der Waals surface area contributed by atoms with Gasteiger partial charge in [-0.2, -0.15) is 0 Å². The van der Waals surface area contributed by atoms with Gasteiger partial charge in [0.2, 0.25) is 0 Å². The predicted molar refractivity (Wildman–Crippen MR) is 95.3 cm³/mol. The molecule has 0 fully saturated rings. The molecule has 5 nitrogen and oxygen atoms in total. The number of rotatable bonds is 10. The molecule has 0 bridgehead atoms. The van der Waals surface area contributed by atoms with E-state index in [0.717, 1.165) is 5.56 Å². The van der Waals surface area contributed by atoms with Gasteiger partial charge in [-0.25, -0.2) is 8.78 Å². The summed E-state index contributed by atoms with van der Waals surface area (Å²) in [6, 6.07) is 9.03. The number of halogens is 2. The molecule has 0 heterocycles. The first-order valence-corrected chi connectivity index (χ1v) is 8.10. The highest BCUT2D eigenvalue weighted by Crippen LogP contribution is 2.23. The number of nitrogens with one attached hydrogen (secondary N) is 1.